The second-order valence-corrected chi connectivity index (χ2v) is 7.05. The van der Waals surface area contributed by atoms with Crippen LogP contribution in [-0.4, -0.2) is 14.3 Å². The molecule has 0 fully saturated rings. The first-order valence-electron chi connectivity index (χ1n) is 5.64. The number of nitrogens with one attached hydrogen (secondary N) is 1. The predicted molar refractivity (Wildman–Crippen MR) is 78.0 cm³/mol. The number of sulfonamides is 1. The molecule has 6 nitrogen and oxygen atoms in total. The van der Waals surface area contributed by atoms with Crippen LogP contribution < -0.4 is 16.2 Å². The second-order valence-electron chi connectivity index (χ2n) is 3.98. The molecule has 0 bridgehead atoms. The van der Waals surface area contributed by atoms with Gasteiger partial charge in [-0.3, -0.25) is 9.52 Å². The van der Waals surface area contributed by atoms with Crippen LogP contribution in [0.2, 0.25) is 0 Å². The van der Waals surface area contributed by atoms with Crippen LogP contribution in [0.1, 0.15) is 15.2 Å². The molecule has 5 N–H and O–H groups in total. The SMILES string of the molecule is NCc1ccc(S(=O)(=O)Nc2cccc(C(N)=O)c2)s1. The van der Waals surface area contributed by atoms with Gasteiger partial charge >= 0.3 is 0 Å². The molecule has 0 unspecified atom stereocenters. The first-order valence-corrected chi connectivity index (χ1v) is 7.94. The molecule has 0 aliphatic carbocycles. The smallest absolute Gasteiger partial charge is 0.271 e. The fourth-order valence-electron chi connectivity index (χ4n) is 1.55. The highest BCUT2D eigenvalue weighted by molar-refractivity contribution is 7.94. The maximum absolute atomic E-state index is 12.2. The summed E-state index contributed by atoms with van der Waals surface area (Å²) in [6, 6.07) is 9.15. The summed E-state index contributed by atoms with van der Waals surface area (Å²) in [5.74, 6) is -0.618. The highest BCUT2D eigenvalue weighted by atomic mass is 32.2. The first-order chi connectivity index (χ1) is 9.42. The Kier molecular flexibility index (Phi) is 4.07. The molecule has 1 heterocycles. The second kappa shape index (κ2) is 5.61. The number of thiophene rings is 1. The highest BCUT2D eigenvalue weighted by Crippen LogP contribution is 2.24. The van der Waals surface area contributed by atoms with E-state index in [2.05, 4.69) is 4.72 Å². The fraction of sp³-hybridized carbons (Fsp3) is 0.0833. The normalized spacial score (nSPS) is 11.2. The van der Waals surface area contributed by atoms with Crippen LogP contribution in [0.15, 0.2) is 40.6 Å². The summed E-state index contributed by atoms with van der Waals surface area (Å²) in [7, 11) is -3.68. The Bertz CT molecular complexity index is 738. The Morgan fingerprint density at radius 3 is 2.60 bits per heavy atom. The van der Waals surface area contributed by atoms with E-state index in [-0.39, 0.29) is 22.0 Å². The van der Waals surface area contributed by atoms with Crippen molar-refractivity contribution in [2.45, 2.75) is 10.8 Å². The summed E-state index contributed by atoms with van der Waals surface area (Å²) >= 11 is 1.10. The van der Waals surface area contributed by atoms with Crippen molar-refractivity contribution in [2.75, 3.05) is 4.72 Å². The van der Waals surface area contributed by atoms with Gasteiger partial charge in [0.25, 0.3) is 10.0 Å². The van der Waals surface area contributed by atoms with Gasteiger partial charge in [0.05, 0.1) is 0 Å². The minimum Gasteiger partial charge on any atom is -0.366 e. The Morgan fingerprint density at radius 1 is 1.25 bits per heavy atom. The number of primary amides is 1. The Labute approximate surface area is 120 Å². The molecule has 0 radical (unpaired) electrons. The van der Waals surface area contributed by atoms with E-state index in [9.17, 15) is 13.2 Å². The third-order valence-electron chi connectivity index (χ3n) is 2.50. The molecule has 8 heteroatoms. The molecular weight excluding hydrogens is 298 g/mol. The fourth-order valence-corrected chi connectivity index (χ4v) is 3.84. The molecule has 1 aromatic heterocycles. The lowest BCUT2D eigenvalue weighted by Crippen LogP contribution is -2.14. The van der Waals surface area contributed by atoms with E-state index >= 15 is 0 Å². The summed E-state index contributed by atoms with van der Waals surface area (Å²) in [6.45, 7) is 0.289. The molecule has 0 aliphatic rings. The average Bonchev–Trinajstić information content (AvgIpc) is 2.88. The zero-order valence-corrected chi connectivity index (χ0v) is 12.0. The van der Waals surface area contributed by atoms with Crippen molar-refractivity contribution in [1.82, 2.24) is 0 Å². The van der Waals surface area contributed by atoms with E-state index in [1.54, 1.807) is 18.2 Å². The van der Waals surface area contributed by atoms with Gasteiger partial charge in [-0.1, -0.05) is 6.07 Å². The molecule has 0 saturated carbocycles. The molecule has 20 heavy (non-hydrogen) atoms. The van der Waals surface area contributed by atoms with Crippen molar-refractivity contribution in [3.05, 3.63) is 46.8 Å². The van der Waals surface area contributed by atoms with Crippen LogP contribution in [-0.2, 0) is 16.6 Å². The van der Waals surface area contributed by atoms with Crippen LogP contribution in [0.25, 0.3) is 0 Å². The molecule has 0 aliphatic heterocycles. The van der Waals surface area contributed by atoms with Gasteiger partial charge in [-0.2, -0.15) is 0 Å². The summed E-state index contributed by atoms with van der Waals surface area (Å²) in [6.07, 6.45) is 0. The van der Waals surface area contributed by atoms with Crippen LogP contribution in [0.3, 0.4) is 0 Å². The lowest BCUT2D eigenvalue weighted by atomic mass is 10.2. The van der Waals surface area contributed by atoms with Crippen molar-refractivity contribution in [2.24, 2.45) is 11.5 Å². The molecule has 0 saturated heterocycles. The lowest BCUT2D eigenvalue weighted by molar-refractivity contribution is 0.100. The van der Waals surface area contributed by atoms with Gasteiger partial charge in [-0.15, -0.1) is 11.3 Å². The Balaban J connectivity index is 2.28. The lowest BCUT2D eigenvalue weighted by Gasteiger charge is -2.07. The number of carbonyl (C=O) groups is 1. The van der Waals surface area contributed by atoms with E-state index in [1.165, 1.54) is 18.2 Å². The van der Waals surface area contributed by atoms with Crippen LogP contribution >= 0.6 is 11.3 Å². The molecule has 2 aromatic rings. The van der Waals surface area contributed by atoms with Crippen molar-refractivity contribution in [3.63, 3.8) is 0 Å². The molecule has 0 spiro atoms. The van der Waals surface area contributed by atoms with Crippen LogP contribution in [0.4, 0.5) is 5.69 Å². The predicted octanol–water partition coefficient (Wildman–Crippen LogP) is 1.11. The topological polar surface area (TPSA) is 115 Å². The third-order valence-corrected chi connectivity index (χ3v) is 5.48. The van der Waals surface area contributed by atoms with Gasteiger partial charge in [-0.25, -0.2) is 8.42 Å². The van der Waals surface area contributed by atoms with E-state index in [1.807, 2.05) is 0 Å². The Morgan fingerprint density at radius 2 is 2.00 bits per heavy atom. The van der Waals surface area contributed by atoms with E-state index in [0.29, 0.717) is 0 Å². The van der Waals surface area contributed by atoms with Gasteiger partial charge in [0.15, 0.2) is 0 Å². The highest BCUT2D eigenvalue weighted by Gasteiger charge is 2.17. The molecular formula is C12H13N3O3S2. The largest absolute Gasteiger partial charge is 0.366 e. The molecule has 1 aromatic carbocycles. The molecule has 0 atom stereocenters. The minimum absolute atomic E-state index is 0.169. The Hall–Kier alpha value is -1.90. The van der Waals surface area contributed by atoms with E-state index in [0.717, 1.165) is 16.2 Å². The van der Waals surface area contributed by atoms with Crippen molar-refractivity contribution in [3.8, 4) is 0 Å². The zero-order chi connectivity index (χ0) is 14.8. The maximum atomic E-state index is 12.2. The number of hydrogen-bond acceptors (Lipinski definition) is 5. The van der Waals surface area contributed by atoms with Crippen LogP contribution in [0, 0.1) is 0 Å². The van der Waals surface area contributed by atoms with Crippen molar-refractivity contribution < 1.29 is 13.2 Å². The number of hydrogen-bond donors (Lipinski definition) is 3. The number of benzene rings is 1. The zero-order valence-electron chi connectivity index (χ0n) is 10.4. The maximum Gasteiger partial charge on any atom is 0.271 e. The molecule has 106 valence electrons. The number of carbonyl (C=O) groups excluding carboxylic acids is 1. The first kappa shape index (κ1) is 14.5. The summed E-state index contributed by atoms with van der Waals surface area (Å²) in [5, 5.41) is 0. The van der Waals surface area contributed by atoms with E-state index < -0.39 is 15.9 Å². The van der Waals surface area contributed by atoms with Crippen LogP contribution in [0.5, 0.6) is 0 Å². The number of amides is 1. The van der Waals surface area contributed by atoms with E-state index in [4.69, 9.17) is 11.5 Å². The van der Waals surface area contributed by atoms with Gasteiger partial charge < -0.3 is 11.5 Å². The molecule has 2 rings (SSSR count). The summed E-state index contributed by atoms with van der Waals surface area (Å²) in [4.78, 5) is 11.8. The third kappa shape index (κ3) is 3.16. The molecule has 1 amide bonds. The summed E-state index contributed by atoms with van der Waals surface area (Å²) < 4.78 is 26.9. The standard InChI is InChI=1S/C12H13N3O3S2/c13-7-10-4-5-11(19-10)20(17,18)15-9-3-1-2-8(6-9)12(14)16/h1-6,15H,7,13H2,(H2,14,16). The van der Waals surface area contributed by atoms with Crippen molar-refractivity contribution in [1.29, 1.82) is 0 Å². The number of nitrogens with two attached hydrogens (primary N) is 2. The average molecular weight is 311 g/mol. The quantitative estimate of drug-likeness (QED) is 0.767. The minimum atomic E-state index is -3.68. The van der Waals surface area contributed by atoms with Gasteiger partial charge in [-0.05, 0) is 30.3 Å². The summed E-state index contributed by atoms with van der Waals surface area (Å²) in [5.41, 5.74) is 11.1. The van der Waals surface area contributed by atoms with Gasteiger partial charge in [0, 0.05) is 22.7 Å². The number of rotatable bonds is 5. The van der Waals surface area contributed by atoms with Gasteiger partial charge in [0.2, 0.25) is 5.91 Å². The van der Waals surface area contributed by atoms with Crippen molar-refractivity contribution >= 4 is 33.0 Å². The van der Waals surface area contributed by atoms with Gasteiger partial charge in [0.1, 0.15) is 4.21 Å². The number of anilines is 1. The monoisotopic (exact) mass is 311 g/mol.